The van der Waals surface area contributed by atoms with Crippen LogP contribution in [0, 0.1) is 0 Å². The summed E-state index contributed by atoms with van der Waals surface area (Å²) in [5, 5.41) is 2.87. The van der Waals surface area contributed by atoms with Gasteiger partial charge in [-0.1, -0.05) is 37.3 Å². The Balaban J connectivity index is 1.45. The molecule has 0 unspecified atom stereocenters. The predicted molar refractivity (Wildman–Crippen MR) is 110 cm³/mol. The quantitative estimate of drug-likeness (QED) is 0.664. The summed E-state index contributed by atoms with van der Waals surface area (Å²) in [4.78, 5) is 26.0. The van der Waals surface area contributed by atoms with Crippen molar-refractivity contribution in [2.24, 2.45) is 0 Å². The second kappa shape index (κ2) is 9.93. The van der Waals surface area contributed by atoms with Gasteiger partial charge in [0.2, 0.25) is 11.8 Å². The van der Waals surface area contributed by atoms with Crippen LogP contribution < -0.4 is 10.1 Å². The average molecular weight is 380 g/mol. The molecule has 0 aromatic heterocycles. The van der Waals surface area contributed by atoms with Gasteiger partial charge in [0.25, 0.3) is 0 Å². The highest BCUT2D eigenvalue weighted by Gasteiger charge is 2.15. The van der Waals surface area contributed by atoms with Crippen molar-refractivity contribution in [2.45, 2.75) is 45.6 Å². The first kappa shape index (κ1) is 19.9. The Morgan fingerprint density at radius 1 is 1.14 bits per heavy atom. The van der Waals surface area contributed by atoms with Gasteiger partial charge in [0.1, 0.15) is 5.75 Å². The van der Waals surface area contributed by atoms with Crippen molar-refractivity contribution in [3.05, 3.63) is 59.7 Å². The van der Waals surface area contributed by atoms with Crippen molar-refractivity contribution in [3.8, 4) is 5.75 Å². The molecule has 1 N–H and O–H groups in total. The van der Waals surface area contributed by atoms with Crippen LogP contribution >= 0.6 is 0 Å². The van der Waals surface area contributed by atoms with Crippen LogP contribution in [0.2, 0.25) is 0 Å². The monoisotopic (exact) mass is 380 g/mol. The minimum absolute atomic E-state index is 0.0619. The third-order valence-electron chi connectivity index (χ3n) is 4.84. The zero-order valence-electron chi connectivity index (χ0n) is 16.4. The molecule has 0 spiro atoms. The van der Waals surface area contributed by atoms with Gasteiger partial charge < -0.3 is 15.0 Å². The zero-order valence-corrected chi connectivity index (χ0v) is 16.4. The highest BCUT2D eigenvalue weighted by atomic mass is 16.5. The molecule has 148 valence electrons. The maximum atomic E-state index is 12.6. The standard InChI is InChI=1S/C23H28N2O3/c1-2-14-25(17-18-7-4-3-5-8-18)23(27)9-6-15-28-20-11-12-21-19(16-20)10-13-22(26)24-21/h3-5,7-8,11-12,16H,2,6,9-10,13-15,17H2,1H3,(H,24,26). The molecule has 1 aliphatic rings. The number of nitrogens with zero attached hydrogens (tertiary/aromatic N) is 1. The highest BCUT2D eigenvalue weighted by Crippen LogP contribution is 2.26. The van der Waals surface area contributed by atoms with E-state index in [0.29, 0.717) is 32.4 Å². The van der Waals surface area contributed by atoms with E-state index < -0.39 is 0 Å². The molecule has 0 atom stereocenters. The molecular weight excluding hydrogens is 352 g/mol. The van der Waals surface area contributed by atoms with E-state index in [4.69, 9.17) is 4.74 Å². The van der Waals surface area contributed by atoms with Crippen molar-refractivity contribution >= 4 is 17.5 Å². The second-order valence-corrected chi connectivity index (χ2v) is 7.12. The van der Waals surface area contributed by atoms with Gasteiger partial charge in [0.05, 0.1) is 6.61 Å². The summed E-state index contributed by atoms with van der Waals surface area (Å²) in [5.41, 5.74) is 3.13. The lowest BCUT2D eigenvalue weighted by molar-refractivity contribution is -0.132. The van der Waals surface area contributed by atoms with E-state index in [2.05, 4.69) is 24.4 Å². The number of carbonyl (C=O) groups excluding carboxylic acids is 2. The minimum Gasteiger partial charge on any atom is -0.494 e. The van der Waals surface area contributed by atoms with Gasteiger partial charge in [-0.25, -0.2) is 0 Å². The number of carbonyl (C=O) groups is 2. The summed E-state index contributed by atoms with van der Waals surface area (Å²) < 4.78 is 5.82. The van der Waals surface area contributed by atoms with Gasteiger partial charge in [0, 0.05) is 31.6 Å². The van der Waals surface area contributed by atoms with E-state index in [-0.39, 0.29) is 11.8 Å². The molecule has 0 fully saturated rings. The van der Waals surface area contributed by atoms with Crippen molar-refractivity contribution in [2.75, 3.05) is 18.5 Å². The topological polar surface area (TPSA) is 58.6 Å². The number of hydrogen-bond donors (Lipinski definition) is 1. The molecule has 0 bridgehead atoms. The molecule has 0 radical (unpaired) electrons. The van der Waals surface area contributed by atoms with E-state index in [9.17, 15) is 9.59 Å². The normalized spacial score (nSPS) is 12.8. The largest absolute Gasteiger partial charge is 0.494 e. The van der Waals surface area contributed by atoms with Crippen LogP contribution in [0.5, 0.6) is 5.75 Å². The number of nitrogens with one attached hydrogen (secondary N) is 1. The number of ether oxygens (including phenoxy) is 1. The number of benzene rings is 2. The summed E-state index contributed by atoms with van der Waals surface area (Å²) in [6.07, 6.45) is 3.36. The molecule has 2 aromatic carbocycles. The lowest BCUT2D eigenvalue weighted by Gasteiger charge is -2.22. The molecule has 0 saturated heterocycles. The number of anilines is 1. The fraction of sp³-hybridized carbons (Fsp3) is 0.391. The predicted octanol–water partition coefficient (Wildman–Crippen LogP) is 4.17. The van der Waals surface area contributed by atoms with Crippen molar-refractivity contribution in [3.63, 3.8) is 0 Å². The van der Waals surface area contributed by atoms with Gasteiger partial charge in [-0.05, 0) is 48.6 Å². The lowest BCUT2D eigenvalue weighted by atomic mass is 10.0. The van der Waals surface area contributed by atoms with Gasteiger partial charge in [0.15, 0.2) is 0 Å². The van der Waals surface area contributed by atoms with Crippen molar-refractivity contribution < 1.29 is 14.3 Å². The molecular formula is C23H28N2O3. The van der Waals surface area contributed by atoms with Crippen LogP contribution in [0.3, 0.4) is 0 Å². The Kier molecular flexibility index (Phi) is 7.06. The van der Waals surface area contributed by atoms with Gasteiger partial charge in [-0.2, -0.15) is 0 Å². The first-order valence-corrected chi connectivity index (χ1v) is 10.0. The van der Waals surface area contributed by atoms with Crippen LogP contribution in [-0.4, -0.2) is 29.9 Å². The van der Waals surface area contributed by atoms with Gasteiger partial charge in [-0.15, -0.1) is 0 Å². The molecule has 1 heterocycles. The Labute approximate surface area is 166 Å². The maximum Gasteiger partial charge on any atom is 0.224 e. The smallest absolute Gasteiger partial charge is 0.224 e. The van der Waals surface area contributed by atoms with E-state index in [1.165, 1.54) is 0 Å². The number of aryl methyl sites for hydroxylation is 1. The summed E-state index contributed by atoms with van der Waals surface area (Å²) in [7, 11) is 0. The minimum atomic E-state index is 0.0619. The molecule has 0 saturated carbocycles. The second-order valence-electron chi connectivity index (χ2n) is 7.12. The first-order chi connectivity index (χ1) is 13.7. The SMILES string of the molecule is CCCN(Cc1ccccc1)C(=O)CCCOc1ccc2c(c1)CCC(=O)N2. The summed E-state index contributed by atoms with van der Waals surface area (Å²) in [5.74, 6) is 1.02. The summed E-state index contributed by atoms with van der Waals surface area (Å²) >= 11 is 0. The third kappa shape index (κ3) is 5.59. The van der Waals surface area contributed by atoms with Crippen LogP contribution in [0.4, 0.5) is 5.69 Å². The highest BCUT2D eigenvalue weighted by molar-refractivity contribution is 5.94. The van der Waals surface area contributed by atoms with Crippen molar-refractivity contribution in [1.82, 2.24) is 4.90 Å². The van der Waals surface area contributed by atoms with Crippen LogP contribution in [0.15, 0.2) is 48.5 Å². The van der Waals surface area contributed by atoms with Gasteiger partial charge in [-0.3, -0.25) is 9.59 Å². The molecule has 5 nitrogen and oxygen atoms in total. The zero-order chi connectivity index (χ0) is 19.8. The molecule has 0 aliphatic carbocycles. The first-order valence-electron chi connectivity index (χ1n) is 10.0. The summed E-state index contributed by atoms with van der Waals surface area (Å²) in [6.45, 7) is 4.02. The molecule has 1 aliphatic heterocycles. The average Bonchev–Trinajstić information content (AvgIpc) is 2.71. The Morgan fingerprint density at radius 2 is 1.96 bits per heavy atom. The Morgan fingerprint density at radius 3 is 2.75 bits per heavy atom. The number of hydrogen-bond acceptors (Lipinski definition) is 3. The van der Waals surface area contributed by atoms with Crippen LogP contribution in [-0.2, 0) is 22.6 Å². The van der Waals surface area contributed by atoms with Gasteiger partial charge >= 0.3 is 0 Å². The summed E-state index contributed by atoms with van der Waals surface area (Å²) in [6, 6.07) is 15.8. The van der Waals surface area contributed by atoms with Crippen LogP contribution in [0.25, 0.3) is 0 Å². The fourth-order valence-corrected chi connectivity index (χ4v) is 3.39. The number of rotatable bonds is 9. The van der Waals surface area contributed by atoms with E-state index in [0.717, 1.165) is 42.0 Å². The maximum absolute atomic E-state index is 12.6. The molecule has 2 amide bonds. The van der Waals surface area contributed by atoms with E-state index in [1.807, 2.05) is 41.3 Å². The molecule has 5 heteroatoms. The van der Waals surface area contributed by atoms with Crippen LogP contribution in [0.1, 0.15) is 43.7 Å². The number of fused-ring (bicyclic) bond motifs is 1. The number of amides is 2. The van der Waals surface area contributed by atoms with Crippen molar-refractivity contribution in [1.29, 1.82) is 0 Å². The van der Waals surface area contributed by atoms with E-state index in [1.54, 1.807) is 0 Å². The fourth-order valence-electron chi connectivity index (χ4n) is 3.39. The van der Waals surface area contributed by atoms with E-state index >= 15 is 0 Å². The lowest BCUT2D eigenvalue weighted by Crippen LogP contribution is -2.31. The molecule has 28 heavy (non-hydrogen) atoms. The Hall–Kier alpha value is -2.82. The molecule has 3 rings (SSSR count). The Bertz CT molecular complexity index is 805. The molecule has 2 aromatic rings. The third-order valence-corrected chi connectivity index (χ3v) is 4.84.